The number of carbonyl (C=O) groups excluding carboxylic acids is 8. The number of carboxylic acids is 1. The van der Waals surface area contributed by atoms with Crippen LogP contribution in [0, 0.1) is 11.8 Å². The highest BCUT2D eigenvalue weighted by molar-refractivity contribution is 5.98. The van der Waals surface area contributed by atoms with E-state index in [4.69, 9.17) is 11.5 Å². The van der Waals surface area contributed by atoms with Crippen molar-refractivity contribution in [1.82, 2.24) is 41.3 Å². The first-order chi connectivity index (χ1) is 33.5. The van der Waals surface area contributed by atoms with E-state index in [0.29, 0.717) is 50.6 Å². The van der Waals surface area contributed by atoms with Gasteiger partial charge < -0.3 is 68.1 Å². The zero-order valence-corrected chi connectivity index (χ0v) is 42.1. The van der Waals surface area contributed by atoms with Gasteiger partial charge >= 0.3 is 5.97 Å². The molecule has 0 spiro atoms. The van der Waals surface area contributed by atoms with Crippen LogP contribution in [-0.2, 0) is 49.6 Å². The predicted molar refractivity (Wildman–Crippen MR) is 260 cm³/mol. The van der Waals surface area contributed by atoms with Gasteiger partial charge in [-0.3, -0.25) is 38.4 Å². The van der Waals surface area contributed by atoms with Crippen LogP contribution in [0.15, 0.2) is 24.3 Å². The van der Waals surface area contributed by atoms with Gasteiger partial charge in [-0.05, 0) is 121 Å². The summed E-state index contributed by atoms with van der Waals surface area (Å²) in [5, 5.41) is 43.2. The van der Waals surface area contributed by atoms with E-state index >= 15 is 0 Å². The van der Waals surface area contributed by atoms with Gasteiger partial charge in [-0.1, -0.05) is 39.8 Å². The summed E-state index contributed by atoms with van der Waals surface area (Å²) in [6, 6.07) is -4.03. The molecule has 0 aromatic heterocycles. The van der Waals surface area contributed by atoms with Gasteiger partial charge in [0, 0.05) is 26.1 Å². The summed E-state index contributed by atoms with van der Waals surface area (Å²) in [5.41, 5.74) is 12.1. The van der Waals surface area contributed by atoms with E-state index in [1.54, 1.807) is 12.1 Å². The molecule has 22 nitrogen and oxygen atoms in total. The van der Waals surface area contributed by atoms with Crippen LogP contribution in [0.3, 0.4) is 0 Å². The van der Waals surface area contributed by atoms with Crippen molar-refractivity contribution in [3.63, 3.8) is 0 Å². The highest BCUT2D eigenvalue weighted by atomic mass is 16.4. The van der Waals surface area contributed by atoms with Gasteiger partial charge in [0.1, 0.15) is 60.1 Å². The Bertz CT molecular complexity index is 2040. The first kappa shape index (κ1) is 57.7. The number of carboxylic acid groups (broad SMARTS) is 1. The Kier molecular flexibility index (Phi) is 22.0. The second-order valence-corrected chi connectivity index (χ2v) is 20.1. The molecule has 3 heterocycles. The quantitative estimate of drug-likeness (QED) is 0.0546. The van der Waals surface area contributed by atoms with Gasteiger partial charge in [-0.15, -0.1) is 0 Å². The average molecular weight is 999 g/mol. The molecule has 1 aromatic rings. The van der Waals surface area contributed by atoms with Gasteiger partial charge in [-0.2, -0.15) is 0 Å². The number of aliphatic carboxylic acids is 1. The Morgan fingerprint density at radius 3 is 1.52 bits per heavy atom. The molecule has 0 saturated carbocycles. The first-order valence-electron chi connectivity index (χ1n) is 25.1. The molecule has 0 unspecified atom stereocenters. The van der Waals surface area contributed by atoms with Crippen molar-refractivity contribution in [3.8, 4) is 5.75 Å². The molecule has 10 atom stereocenters. The predicted octanol–water partition coefficient (Wildman–Crippen LogP) is -0.635. The van der Waals surface area contributed by atoms with Gasteiger partial charge in [0.25, 0.3) is 0 Å². The van der Waals surface area contributed by atoms with Gasteiger partial charge in [0.2, 0.25) is 47.3 Å². The number of nitrogens with two attached hydrogens (primary N) is 2. The Hall–Kier alpha value is -5.87. The summed E-state index contributed by atoms with van der Waals surface area (Å²) in [7, 11) is 0. The molecule has 22 heteroatoms. The summed E-state index contributed by atoms with van der Waals surface area (Å²) in [4.78, 5) is 127. The summed E-state index contributed by atoms with van der Waals surface area (Å²) < 4.78 is 0. The van der Waals surface area contributed by atoms with Crippen molar-refractivity contribution in [1.29, 1.82) is 0 Å². The molecule has 3 aliphatic heterocycles. The number of nitrogens with one attached hydrogen (secondary N) is 5. The number of aliphatic hydroxyl groups is 1. The fourth-order valence-electron chi connectivity index (χ4n) is 9.44. The Morgan fingerprint density at radius 2 is 1.06 bits per heavy atom. The molecule has 0 bridgehead atoms. The molecule has 4 rings (SSSR count). The number of aromatic hydroxyl groups is 1. The summed E-state index contributed by atoms with van der Waals surface area (Å²) >= 11 is 0. The highest BCUT2D eigenvalue weighted by Gasteiger charge is 2.43. The number of aliphatic hydroxyl groups excluding tert-OH is 1. The van der Waals surface area contributed by atoms with Crippen LogP contribution in [0.4, 0.5) is 0 Å². The Labute approximate surface area is 416 Å². The molecule has 1 aromatic carbocycles. The Morgan fingerprint density at radius 1 is 0.606 bits per heavy atom. The lowest BCUT2D eigenvalue weighted by Gasteiger charge is -2.32. The number of hydrogen-bond donors (Lipinski definition) is 10. The molecule has 8 amide bonds. The van der Waals surface area contributed by atoms with Gasteiger partial charge in [0.05, 0.1) is 6.10 Å². The number of nitrogens with zero attached hydrogens (tertiary/aromatic N) is 3. The number of benzene rings is 1. The summed E-state index contributed by atoms with van der Waals surface area (Å²) in [6.45, 7) is 11.2. The van der Waals surface area contributed by atoms with Crippen LogP contribution >= 0.6 is 0 Å². The maximum absolute atomic E-state index is 14.5. The van der Waals surface area contributed by atoms with Crippen molar-refractivity contribution in [3.05, 3.63) is 29.8 Å². The first-order valence-corrected chi connectivity index (χ1v) is 25.1. The highest BCUT2D eigenvalue weighted by Crippen LogP contribution is 2.24. The number of carbonyl (C=O) groups is 9. The summed E-state index contributed by atoms with van der Waals surface area (Å²) in [6.07, 6.45) is 2.51. The number of hydrogen-bond acceptors (Lipinski definition) is 13. The fraction of sp³-hybridized carbons (Fsp3) is 0.694. The zero-order valence-electron chi connectivity index (χ0n) is 42.1. The fourth-order valence-corrected chi connectivity index (χ4v) is 9.44. The van der Waals surface area contributed by atoms with E-state index in [9.17, 15) is 58.5 Å². The molecule has 12 N–H and O–H groups in total. The number of rotatable bonds is 25. The van der Waals surface area contributed by atoms with Gasteiger partial charge in [0.15, 0.2) is 0 Å². The van der Waals surface area contributed by atoms with Crippen LogP contribution in [0.2, 0.25) is 0 Å². The SMILES string of the molecule is CC(C)C[C@H](NC(=O)[C@H](Cc1ccc(O)cc1)NC(=O)[C@@H]1CCCN1C(=O)[C@H](CC(C)C)NC(=O)[C@H](CCCCN)NC(=O)[C@@H](N)[C@@H](C)O)C(=O)N1CCC[C@H]1C(=O)N[C@@H](C)C(=O)N1CCC[C@H]1C(=O)O. The molecule has 396 valence electrons. The van der Waals surface area contributed by atoms with Crippen LogP contribution in [-0.4, -0.2) is 170 Å². The number of unbranched alkanes of at least 4 members (excludes halogenated alkanes) is 1. The standard InChI is InChI=1S/C49H78N10O12/c1-27(2)24-35(55-41(62)33(12-7-8-20-50)53-45(66)40(51)30(6)60)47(68)58-22-10-14-38(58)44(65)54-34(26-31-16-18-32(61)19-17-31)42(63)56-36(25-28(3)4)48(69)57-21-9-13-37(57)43(64)52-29(5)46(67)59-23-11-15-39(59)49(70)71/h16-19,27-30,33-40,60-61H,7-15,20-26,50-51H2,1-6H3,(H,52,64)(H,53,66)(H,54,65)(H,55,62)(H,56,63)(H,70,71)/t29-,30+,33-,34-,35-,36-,37-,38-,39-,40-/m0/s1. The van der Waals surface area contributed by atoms with Gasteiger partial charge in [-0.25, -0.2) is 4.79 Å². The molecule has 3 aliphatic rings. The lowest BCUT2D eigenvalue weighted by Crippen LogP contribution is -2.60. The minimum Gasteiger partial charge on any atom is -0.508 e. The van der Waals surface area contributed by atoms with E-state index in [0.717, 1.165) is 0 Å². The third kappa shape index (κ3) is 16.3. The summed E-state index contributed by atoms with van der Waals surface area (Å²) in [5.74, 6) is -6.36. The average Bonchev–Trinajstić information content (AvgIpc) is 4.12. The number of likely N-dealkylation sites (tertiary alicyclic amines) is 3. The molecule has 0 radical (unpaired) electrons. The molecule has 71 heavy (non-hydrogen) atoms. The second-order valence-electron chi connectivity index (χ2n) is 20.1. The molecule has 0 aliphatic carbocycles. The number of phenolic OH excluding ortho intramolecular Hbond substituents is 1. The third-order valence-electron chi connectivity index (χ3n) is 13.3. The van der Waals surface area contributed by atoms with E-state index in [2.05, 4.69) is 26.6 Å². The molecule has 3 fully saturated rings. The maximum Gasteiger partial charge on any atom is 0.326 e. The van der Waals surface area contributed by atoms with E-state index < -0.39 is 114 Å². The smallest absolute Gasteiger partial charge is 0.326 e. The molecule has 3 saturated heterocycles. The third-order valence-corrected chi connectivity index (χ3v) is 13.3. The van der Waals surface area contributed by atoms with Crippen molar-refractivity contribution < 1.29 is 58.5 Å². The van der Waals surface area contributed by atoms with Crippen molar-refractivity contribution in [2.45, 2.75) is 179 Å². The number of phenols is 1. The largest absolute Gasteiger partial charge is 0.508 e. The molecular weight excluding hydrogens is 921 g/mol. The lowest BCUT2D eigenvalue weighted by atomic mass is 9.99. The van der Waals surface area contributed by atoms with E-state index in [-0.39, 0.29) is 75.7 Å². The topological polar surface area (TPSA) is 336 Å². The van der Waals surface area contributed by atoms with Crippen molar-refractivity contribution in [2.75, 3.05) is 26.2 Å². The van der Waals surface area contributed by atoms with Crippen molar-refractivity contribution in [2.24, 2.45) is 23.3 Å². The van der Waals surface area contributed by atoms with Crippen LogP contribution < -0.4 is 38.1 Å². The van der Waals surface area contributed by atoms with Crippen LogP contribution in [0.25, 0.3) is 0 Å². The normalized spacial score (nSPS) is 20.9. The second kappa shape index (κ2) is 27.1. The van der Waals surface area contributed by atoms with E-state index in [1.165, 1.54) is 40.7 Å². The van der Waals surface area contributed by atoms with Crippen molar-refractivity contribution >= 4 is 53.2 Å². The van der Waals surface area contributed by atoms with E-state index in [1.807, 2.05) is 27.7 Å². The maximum atomic E-state index is 14.5. The Balaban J connectivity index is 1.54. The molecular formula is C49H78N10O12. The van der Waals surface area contributed by atoms with Crippen LogP contribution in [0.5, 0.6) is 5.75 Å². The minimum absolute atomic E-state index is 0.0272. The number of amides is 8. The van der Waals surface area contributed by atoms with Crippen LogP contribution in [0.1, 0.15) is 118 Å². The lowest BCUT2D eigenvalue weighted by molar-refractivity contribution is -0.149. The monoisotopic (exact) mass is 999 g/mol. The zero-order chi connectivity index (χ0) is 52.7. The minimum atomic E-state index is -1.30.